The van der Waals surface area contributed by atoms with Gasteiger partial charge in [0.05, 0.1) is 27.8 Å². The molecule has 0 bridgehead atoms. The average molecular weight is 748 g/mol. The number of amides is 2. The third-order valence-electron chi connectivity index (χ3n) is 9.66. The Hall–Kier alpha value is -6.34. The van der Waals surface area contributed by atoms with Crippen LogP contribution in [0.5, 0.6) is 0 Å². The fourth-order valence-electron chi connectivity index (χ4n) is 6.94. The molecule has 0 unspecified atom stereocenters. The summed E-state index contributed by atoms with van der Waals surface area (Å²) in [4.78, 5) is 83.3. The number of imide groups is 1. The summed E-state index contributed by atoms with van der Waals surface area (Å²) in [5.74, 6) is -4.16. The molecule has 1 saturated heterocycles. The molecule has 5 atom stereocenters. The first-order valence-corrected chi connectivity index (χ1v) is 18.0. The summed E-state index contributed by atoms with van der Waals surface area (Å²) >= 11 is 0. The summed E-state index contributed by atoms with van der Waals surface area (Å²) in [5, 5.41) is 0. The molecule has 0 radical (unpaired) electrons. The van der Waals surface area contributed by atoms with E-state index in [0.717, 1.165) is 24.2 Å². The molecule has 3 aliphatic rings. The Bertz CT molecular complexity index is 2000. The highest BCUT2D eigenvalue weighted by Crippen LogP contribution is 2.37. The number of carbonyl (C=O) groups excluding carboxylic acids is 6. The maximum Gasteiger partial charge on any atom is 0.510 e. The smallest absolute Gasteiger partial charge is 0.459 e. The van der Waals surface area contributed by atoms with Gasteiger partial charge in [-0.05, 0) is 74.2 Å². The molecule has 2 aliphatic heterocycles. The summed E-state index contributed by atoms with van der Waals surface area (Å²) in [6.45, 7) is -0.605. The van der Waals surface area contributed by atoms with Gasteiger partial charge in [-0.2, -0.15) is 0 Å². The Kier molecular flexibility index (Phi) is 11.3. The van der Waals surface area contributed by atoms with E-state index in [-0.39, 0.29) is 27.8 Å². The zero-order valence-corrected chi connectivity index (χ0v) is 29.5. The Labute approximate surface area is 316 Å². The molecule has 282 valence electrons. The van der Waals surface area contributed by atoms with Crippen LogP contribution in [0, 0.1) is 0 Å². The molecule has 13 nitrogen and oxygen atoms in total. The molecule has 0 aromatic heterocycles. The van der Waals surface area contributed by atoms with E-state index in [1.807, 2.05) is 0 Å². The standard InChI is InChI=1S/C42H37NO12/c44-36-30-23-13-14-24-31(30)37(45)43(36)33-35(54-40(48)28-19-9-3-10-20-28)34(53-39(47)27-17-7-2-8-18-27)32(25-50-38(46)26-15-5-1-6-16-26)52-41(33)55-42(49)51-29-21-11-4-12-22-29/h1-3,5-10,13-20,23-24,29,32-35,41H,4,11-12,21-22,25H2/t32-,33-,34-,35-,41+/m1/s1. The Balaban J connectivity index is 1.31. The molecule has 2 amide bonds. The number of nitrogens with zero attached hydrogens (tertiary/aromatic N) is 1. The van der Waals surface area contributed by atoms with E-state index >= 15 is 0 Å². The Morgan fingerprint density at radius 1 is 0.564 bits per heavy atom. The Morgan fingerprint density at radius 2 is 1.04 bits per heavy atom. The fraction of sp³-hybridized carbons (Fsp3) is 0.286. The highest BCUT2D eigenvalue weighted by Gasteiger charge is 2.58. The summed E-state index contributed by atoms with van der Waals surface area (Å²) in [6.07, 6.45) is -4.45. The fourth-order valence-corrected chi connectivity index (χ4v) is 6.94. The SMILES string of the molecule is O=C(OC1CCCCC1)O[C@@H]1O[C@H](COC(=O)c2ccccc2)[C@@H](OC(=O)c2ccccc2)[C@H](OC(=O)c2ccccc2)[C@H]1N1C(=O)c2ccccc2C1=O. The van der Waals surface area contributed by atoms with Crippen LogP contribution < -0.4 is 0 Å². The van der Waals surface area contributed by atoms with Gasteiger partial charge in [0.25, 0.3) is 11.8 Å². The lowest BCUT2D eigenvalue weighted by atomic mass is 9.94. The number of rotatable bonds is 10. The molecule has 13 heteroatoms. The van der Waals surface area contributed by atoms with Crippen molar-refractivity contribution in [3.8, 4) is 0 Å². The summed E-state index contributed by atoms with van der Waals surface area (Å²) in [6, 6.07) is 28.2. The highest BCUT2D eigenvalue weighted by atomic mass is 16.8. The number of esters is 3. The number of ether oxygens (including phenoxy) is 6. The van der Waals surface area contributed by atoms with Gasteiger partial charge in [-0.15, -0.1) is 0 Å². The van der Waals surface area contributed by atoms with Crippen molar-refractivity contribution < 1.29 is 57.2 Å². The van der Waals surface area contributed by atoms with Gasteiger partial charge in [0.2, 0.25) is 6.29 Å². The van der Waals surface area contributed by atoms with Crippen LogP contribution in [0.25, 0.3) is 0 Å². The first-order chi connectivity index (χ1) is 26.8. The van der Waals surface area contributed by atoms with Gasteiger partial charge in [0, 0.05) is 0 Å². The van der Waals surface area contributed by atoms with Crippen LogP contribution in [-0.2, 0) is 28.4 Å². The molecule has 7 rings (SSSR count). The third kappa shape index (κ3) is 8.26. The second kappa shape index (κ2) is 16.8. The average Bonchev–Trinajstić information content (AvgIpc) is 3.47. The highest BCUT2D eigenvalue weighted by molar-refractivity contribution is 6.21. The van der Waals surface area contributed by atoms with Crippen molar-refractivity contribution in [2.75, 3.05) is 6.61 Å². The predicted molar refractivity (Wildman–Crippen MR) is 192 cm³/mol. The van der Waals surface area contributed by atoms with Crippen molar-refractivity contribution in [3.63, 3.8) is 0 Å². The molecular formula is C42H37NO12. The van der Waals surface area contributed by atoms with Gasteiger partial charge in [-0.1, -0.05) is 73.2 Å². The summed E-state index contributed by atoms with van der Waals surface area (Å²) in [5.41, 5.74) is 0.490. The van der Waals surface area contributed by atoms with Gasteiger partial charge >= 0.3 is 24.1 Å². The molecule has 0 spiro atoms. The lowest BCUT2D eigenvalue weighted by Gasteiger charge is -2.46. The molecule has 2 fully saturated rings. The number of benzene rings is 4. The first-order valence-electron chi connectivity index (χ1n) is 18.0. The zero-order valence-electron chi connectivity index (χ0n) is 29.5. The van der Waals surface area contributed by atoms with Crippen LogP contribution in [-0.4, -0.2) is 84.1 Å². The molecule has 55 heavy (non-hydrogen) atoms. The van der Waals surface area contributed by atoms with E-state index in [1.54, 1.807) is 66.7 Å². The third-order valence-corrected chi connectivity index (χ3v) is 9.66. The molecule has 0 N–H and O–H groups in total. The Morgan fingerprint density at radius 3 is 1.56 bits per heavy atom. The second-order valence-corrected chi connectivity index (χ2v) is 13.2. The normalized spacial score (nSPS) is 22.3. The van der Waals surface area contributed by atoms with E-state index in [9.17, 15) is 28.8 Å². The quantitative estimate of drug-likeness (QED) is 0.103. The van der Waals surface area contributed by atoms with Gasteiger partial charge in [-0.25, -0.2) is 19.2 Å². The van der Waals surface area contributed by atoms with Crippen LogP contribution in [0.15, 0.2) is 115 Å². The first kappa shape index (κ1) is 37.0. The molecular weight excluding hydrogens is 710 g/mol. The maximum absolute atomic E-state index is 14.1. The summed E-state index contributed by atoms with van der Waals surface area (Å²) < 4.78 is 35.5. The summed E-state index contributed by atoms with van der Waals surface area (Å²) in [7, 11) is 0. The van der Waals surface area contributed by atoms with E-state index in [1.165, 1.54) is 48.5 Å². The van der Waals surface area contributed by atoms with Crippen LogP contribution in [0.1, 0.15) is 83.9 Å². The number of hydrogen-bond donors (Lipinski definition) is 0. The van der Waals surface area contributed by atoms with Crippen LogP contribution >= 0.6 is 0 Å². The minimum Gasteiger partial charge on any atom is -0.459 e. The van der Waals surface area contributed by atoms with Crippen molar-refractivity contribution in [1.82, 2.24) is 4.90 Å². The van der Waals surface area contributed by atoms with Gasteiger partial charge in [0.1, 0.15) is 24.9 Å². The minimum atomic E-state index is -1.86. The molecule has 1 saturated carbocycles. The maximum atomic E-state index is 14.1. The minimum absolute atomic E-state index is 0.0425. The van der Waals surface area contributed by atoms with E-state index in [0.29, 0.717) is 12.8 Å². The van der Waals surface area contributed by atoms with Gasteiger partial charge < -0.3 is 28.4 Å². The molecule has 2 heterocycles. The monoisotopic (exact) mass is 747 g/mol. The van der Waals surface area contributed by atoms with Crippen molar-refractivity contribution in [1.29, 1.82) is 0 Å². The van der Waals surface area contributed by atoms with Crippen LogP contribution in [0.3, 0.4) is 0 Å². The van der Waals surface area contributed by atoms with Gasteiger partial charge in [0.15, 0.2) is 12.2 Å². The van der Waals surface area contributed by atoms with E-state index in [2.05, 4.69) is 0 Å². The molecule has 4 aromatic rings. The van der Waals surface area contributed by atoms with E-state index in [4.69, 9.17) is 28.4 Å². The second-order valence-electron chi connectivity index (χ2n) is 13.2. The van der Waals surface area contributed by atoms with Crippen LogP contribution in [0.4, 0.5) is 4.79 Å². The molecule has 4 aromatic carbocycles. The topological polar surface area (TPSA) is 161 Å². The van der Waals surface area contributed by atoms with Crippen molar-refractivity contribution in [2.24, 2.45) is 0 Å². The van der Waals surface area contributed by atoms with Crippen molar-refractivity contribution in [3.05, 3.63) is 143 Å². The van der Waals surface area contributed by atoms with Crippen LogP contribution in [0.2, 0.25) is 0 Å². The largest absolute Gasteiger partial charge is 0.510 e. The lowest BCUT2D eigenvalue weighted by Crippen LogP contribution is -2.68. The van der Waals surface area contributed by atoms with Crippen molar-refractivity contribution in [2.45, 2.75) is 68.9 Å². The predicted octanol–water partition coefficient (Wildman–Crippen LogP) is 6.17. The van der Waals surface area contributed by atoms with E-state index < -0.39 is 79.2 Å². The lowest BCUT2D eigenvalue weighted by molar-refractivity contribution is -0.266. The number of fused-ring (bicyclic) bond motifs is 1. The van der Waals surface area contributed by atoms with Crippen molar-refractivity contribution >= 4 is 35.9 Å². The molecule has 1 aliphatic carbocycles. The zero-order chi connectivity index (χ0) is 38.3. The number of hydrogen-bond acceptors (Lipinski definition) is 12. The van der Waals surface area contributed by atoms with Gasteiger partial charge in [-0.3, -0.25) is 14.5 Å². The number of carbonyl (C=O) groups is 6.